The van der Waals surface area contributed by atoms with Crippen LogP contribution in [0.5, 0.6) is 5.75 Å². The topological polar surface area (TPSA) is 124 Å². The van der Waals surface area contributed by atoms with Crippen LogP contribution in [0.2, 0.25) is 18.6 Å². The molecule has 2 amide bonds. The van der Waals surface area contributed by atoms with Crippen molar-refractivity contribution in [2.75, 3.05) is 19.0 Å². The average Bonchev–Trinajstić information content (AvgIpc) is 3.44. The normalized spacial score (nSPS) is 21.7. The highest BCUT2D eigenvalue weighted by Crippen LogP contribution is 2.47. The zero-order valence-corrected chi connectivity index (χ0v) is 27.8. The first-order valence-corrected chi connectivity index (χ1v) is 19.0. The second-order valence-corrected chi connectivity index (χ2v) is 17.3. The van der Waals surface area contributed by atoms with E-state index in [0.29, 0.717) is 24.4 Å². The Morgan fingerprint density at radius 3 is 2.59 bits per heavy atom. The number of para-hydroxylation sites is 1. The van der Waals surface area contributed by atoms with Gasteiger partial charge in [0.2, 0.25) is 11.8 Å². The number of carbonyl (C=O) groups excluding carboxylic acids is 2. The number of nitrogens with one attached hydrogen (secondary N) is 2. The molecule has 0 aliphatic carbocycles. The SMILES string of the molecule is CO[C@@H]1c2cc(NC(=O)Cc3c[nH]c4ccccc34)ccc2O[C@H](C(CC(=O)N2Cc3ccccc3C[C@H]2CO)[Si](C)(C)O)[C@H]1C. The van der Waals surface area contributed by atoms with E-state index in [4.69, 9.17) is 9.47 Å². The summed E-state index contributed by atoms with van der Waals surface area (Å²) in [5.74, 6) is 0.189. The molecule has 1 aromatic heterocycles. The predicted molar refractivity (Wildman–Crippen MR) is 180 cm³/mol. The van der Waals surface area contributed by atoms with Gasteiger partial charge in [-0.25, -0.2) is 0 Å². The molecule has 2 aliphatic rings. The van der Waals surface area contributed by atoms with Crippen LogP contribution in [0.15, 0.2) is 72.9 Å². The van der Waals surface area contributed by atoms with Crippen LogP contribution in [-0.2, 0) is 33.7 Å². The highest BCUT2D eigenvalue weighted by Gasteiger charge is 2.48. The molecule has 10 heteroatoms. The highest BCUT2D eigenvalue weighted by molar-refractivity contribution is 6.71. The summed E-state index contributed by atoms with van der Waals surface area (Å²) in [4.78, 5) is 43.5. The van der Waals surface area contributed by atoms with Crippen molar-refractivity contribution in [3.8, 4) is 5.75 Å². The molecule has 0 fully saturated rings. The number of hydrogen-bond acceptors (Lipinski definition) is 6. The van der Waals surface area contributed by atoms with Gasteiger partial charge in [-0.3, -0.25) is 9.59 Å². The summed E-state index contributed by atoms with van der Waals surface area (Å²) in [6, 6.07) is 21.1. The van der Waals surface area contributed by atoms with Crippen LogP contribution in [0.3, 0.4) is 0 Å². The Morgan fingerprint density at radius 2 is 1.85 bits per heavy atom. The van der Waals surface area contributed by atoms with Gasteiger partial charge in [0.15, 0.2) is 8.32 Å². The molecule has 0 saturated carbocycles. The van der Waals surface area contributed by atoms with Gasteiger partial charge in [-0.2, -0.15) is 0 Å². The first kappa shape index (κ1) is 32.0. The minimum atomic E-state index is -2.94. The van der Waals surface area contributed by atoms with E-state index in [9.17, 15) is 19.5 Å². The summed E-state index contributed by atoms with van der Waals surface area (Å²) >= 11 is 0. The van der Waals surface area contributed by atoms with E-state index < -0.39 is 20.0 Å². The van der Waals surface area contributed by atoms with E-state index in [-0.39, 0.29) is 49.3 Å². The number of ether oxygens (including phenoxy) is 2. The Morgan fingerprint density at radius 1 is 1.11 bits per heavy atom. The smallest absolute Gasteiger partial charge is 0.228 e. The lowest BCUT2D eigenvalue weighted by molar-refractivity contribution is -0.136. The second-order valence-electron chi connectivity index (χ2n) is 13.2. The molecule has 4 N–H and O–H groups in total. The molecule has 1 unspecified atom stereocenters. The Labute approximate surface area is 270 Å². The Hall–Kier alpha value is -3.96. The molecule has 2 aliphatic heterocycles. The molecule has 0 bridgehead atoms. The largest absolute Gasteiger partial charge is 0.490 e. The zero-order valence-electron chi connectivity index (χ0n) is 26.8. The summed E-state index contributed by atoms with van der Waals surface area (Å²) in [5, 5.41) is 14.2. The fourth-order valence-electron chi connectivity index (χ4n) is 7.23. The molecular formula is C36H43N3O6Si. The first-order valence-electron chi connectivity index (χ1n) is 15.9. The fraction of sp³-hybridized carbons (Fsp3) is 0.389. The van der Waals surface area contributed by atoms with Crippen LogP contribution in [0.1, 0.15) is 41.7 Å². The van der Waals surface area contributed by atoms with Crippen LogP contribution < -0.4 is 10.1 Å². The van der Waals surface area contributed by atoms with Gasteiger partial charge in [0, 0.05) is 59.9 Å². The third-order valence-corrected chi connectivity index (χ3v) is 12.1. The van der Waals surface area contributed by atoms with Gasteiger partial charge in [-0.15, -0.1) is 0 Å². The number of amides is 2. The summed E-state index contributed by atoms with van der Waals surface area (Å²) in [5.41, 5.74) is 5.18. The van der Waals surface area contributed by atoms with Crippen molar-refractivity contribution in [1.29, 1.82) is 0 Å². The lowest BCUT2D eigenvalue weighted by Crippen LogP contribution is -2.52. The minimum absolute atomic E-state index is 0.1000. The number of aromatic nitrogens is 1. The fourth-order valence-corrected chi connectivity index (χ4v) is 9.08. The van der Waals surface area contributed by atoms with Gasteiger partial charge >= 0.3 is 0 Å². The molecule has 0 spiro atoms. The predicted octanol–water partition coefficient (Wildman–Crippen LogP) is 5.34. The maximum absolute atomic E-state index is 13.9. The maximum atomic E-state index is 13.9. The molecule has 0 radical (unpaired) electrons. The van der Waals surface area contributed by atoms with Crippen LogP contribution in [-0.4, -0.2) is 65.8 Å². The molecule has 4 aromatic rings. The molecule has 5 atom stereocenters. The van der Waals surface area contributed by atoms with Crippen molar-refractivity contribution >= 4 is 36.7 Å². The number of aliphatic hydroxyl groups excluding tert-OH is 1. The van der Waals surface area contributed by atoms with Gasteiger partial charge in [0.05, 0.1) is 25.2 Å². The second kappa shape index (κ2) is 13.0. The third kappa shape index (κ3) is 6.35. The first-order chi connectivity index (χ1) is 22.1. The number of aromatic amines is 1. The van der Waals surface area contributed by atoms with Crippen molar-refractivity contribution < 1.29 is 29.0 Å². The molecule has 242 valence electrons. The monoisotopic (exact) mass is 641 g/mol. The lowest BCUT2D eigenvalue weighted by Gasteiger charge is -2.44. The number of H-pyrrole nitrogens is 1. The third-order valence-electron chi connectivity index (χ3n) is 9.72. The summed E-state index contributed by atoms with van der Waals surface area (Å²) < 4.78 is 12.6. The number of anilines is 1. The quantitative estimate of drug-likeness (QED) is 0.183. The van der Waals surface area contributed by atoms with Gasteiger partial charge in [-0.05, 0) is 60.5 Å². The summed E-state index contributed by atoms with van der Waals surface area (Å²) in [6.45, 7) is 6.02. The zero-order chi connectivity index (χ0) is 32.6. The number of rotatable bonds is 9. The van der Waals surface area contributed by atoms with E-state index in [1.807, 2.05) is 92.9 Å². The van der Waals surface area contributed by atoms with Gasteiger partial charge in [0.1, 0.15) is 11.9 Å². The standard InChI is InChI=1S/C36H43N3O6Si/c1-22-35(44-2)29-17-26(38-33(41)16-25-19-37-30-12-8-7-11-28(25)30)13-14-31(29)45-36(22)32(46(3,4)43)18-34(42)39-20-24-10-6-5-9-23(24)15-27(39)21-40/h5-14,17,19,22,27,32,35-37,40,43H,15-16,18,20-21H2,1-4H3,(H,38,41)/t22-,27-,32?,35-,36-/m0/s1. The van der Waals surface area contributed by atoms with E-state index in [1.165, 1.54) is 0 Å². The van der Waals surface area contributed by atoms with Crippen LogP contribution in [0.25, 0.3) is 10.9 Å². The number of benzene rings is 3. The Balaban J connectivity index is 1.20. The summed E-state index contributed by atoms with van der Waals surface area (Å²) in [6.07, 6.45) is 1.96. The minimum Gasteiger partial charge on any atom is -0.490 e. The Kier molecular flexibility index (Phi) is 9.07. The van der Waals surface area contributed by atoms with Crippen LogP contribution in [0.4, 0.5) is 5.69 Å². The van der Waals surface area contributed by atoms with Crippen molar-refractivity contribution in [2.45, 2.75) is 69.6 Å². The van der Waals surface area contributed by atoms with E-state index in [2.05, 4.69) is 10.3 Å². The molecule has 6 rings (SSSR count). The summed E-state index contributed by atoms with van der Waals surface area (Å²) in [7, 11) is -1.30. The molecule has 46 heavy (non-hydrogen) atoms. The van der Waals surface area contributed by atoms with Crippen molar-refractivity contribution in [2.24, 2.45) is 5.92 Å². The van der Waals surface area contributed by atoms with Crippen molar-refractivity contribution in [3.05, 3.63) is 95.2 Å². The molecule has 0 saturated heterocycles. The molecule has 3 heterocycles. The van der Waals surface area contributed by atoms with Gasteiger partial charge < -0.3 is 34.6 Å². The molecule has 3 aromatic carbocycles. The Bertz CT molecular complexity index is 1730. The lowest BCUT2D eigenvalue weighted by atomic mass is 9.86. The number of fused-ring (bicyclic) bond motifs is 3. The van der Waals surface area contributed by atoms with E-state index in [0.717, 1.165) is 33.2 Å². The van der Waals surface area contributed by atoms with Gasteiger partial charge in [0.25, 0.3) is 0 Å². The number of carbonyl (C=O) groups is 2. The number of hydrogen-bond donors (Lipinski definition) is 4. The van der Waals surface area contributed by atoms with Crippen molar-refractivity contribution in [3.63, 3.8) is 0 Å². The van der Waals surface area contributed by atoms with Gasteiger partial charge in [-0.1, -0.05) is 49.4 Å². The van der Waals surface area contributed by atoms with E-state index in [1.54, 1.807) is 12.0 Å². The maximum Gasteiger partial charge on any atom is 0.228 e. The average molecular weight is 642 g/mol. The van der Waals surface area contributed by atoms with E-state index >= 15 is 0 Å². The van der Waals surface area contributed by atoms with Crippen molar-refractivity contribution in [1.82, 2.24) is 9.88 Å². The van der Waals surface area contributed by atoms with Crippen LogP contribution >= 0.6 is 0 Å². The number of aliphatic hydroxyl groups is 1. The van der Waals surface area contributed by atoms with Crippen LogP contribution in [0, 0.1) is 5.92 Å². The molecule has 9 nitrogen and oxygen atoms in total. The number of methoxy groups -OCH3 is 1. The molecular weight excluding hydrogens is 598 g/mol. The highest BCUT2D eigenvalue weighted by atomic mass is 28.4. The number of nitrogens with zero attached hydrogens (tertiary/aromatic N) is 1.